The minimum absolute atomic E-state index is 0.0520. The summed E-state index contributed by atoms with van der Waals surface area (Å²) in [6.07, 6.45) is 1.32. The molecule has 0 spiro atoms. The van der Waals surface area contributed by atoms with Crippen LogP contribution in [0.15, 0.2) is 40.4 Å². The fourth-order valence-electron chi connectivity index (χ4n) is 1.49. The second-order valence-electron chi connectivity index (χ2n) is 3.69. The summed E-state index contributed by atoms with van der Waals surface area (Å²) in [4.78, 5) is 3.94. The van der Waals surface area contributed by atoms with Crippen molar-refractivity contribution in [3.63, 3.8) is 0 Å². The molecule has 1 aromatic carbocycles. The van der Waals surface area contributed by atoms with Crippen molar-refractivity contribution in [3.05, 3.63) is 35.4 Å². The Morgan fingerprint density at radius 2 is 1.89 bits per heavy atom. The average molecular weight is 267 g/mol. The van der Waals surface area contributed by atoms with E-state index in [9.17, 15) is 8.42 Å². The zero-order valence-electron chi connectivity index (χ0n) is 10.1. The Morgan fingerprint density at radius 3 is 2.44 bits per heavy atom. The maximum absolute atomic E-state index is 11.8. The zero-order chi connectivity index (χ0) is 13.2. The van der Waals surface area contributed by atoms with Crippen molar-refractivity contribution >= 4 is 14.9 Å². The van der Waals surface area contributed by atoms with E-state index >= 15 is 0 Å². The van der Waals surface area contributed by atoms with E-state index in [-0.39, 0.29) is 16.6 Å². The number of hydrogen-bond acceptors (Lipinski definition) is 5. The molecule has 0 unspecified atom stereocenters. The topological polar surface area (TPSA) is 65.0 Å². The molecule has 18 heavy (non-hydrogen) atoms. The fourth-order valence-corrected chi connectivity index (χ4v) is 2.47. The van der Waals surface area contributed by atoms with Gasteiger partial charge in [-0.2, -0.15) is 0 Å². The fraction of sp³-hybridized carbons (Fsp3) is 0.250. The van der Waals surface area contributed by atoms with Gasteiger partial charge in [0.2, 0.25) is 9.84 Å². The second kappa shape index (κ2) is 4.81. The highest BCUT2D eigenvalue weighted by Crippen LogP contribution is 2.27. The summed E-state index contributed by atoms with van der Waals surface area (Å²) in [5, 5.41) is 0.0983. The molecule has 1 aromatic rings. The molecule has 0 fully saturated rings. The van der Waals surface area contributed by atoms with E-state index < -0.39 is 9.84 Å². The zero-order valence-corrected chi connectivity index (χ0v) is 10.9. The summed E-state index contributed by atoms with van der Waals surface area (Å²) in [5.41, 5.74) is 0. The molecule has 5 nitrogen and oxygen atoms in total. The SMILES string of the molecule is COc1ccccc1OCC1=CN=C(C)S1(=O)=O. The van der Waals surface area contributed by atoms with Gasteiger partial charge in [-0.3, -0.25) is 0 Å². The van der Waals surface area contributed by atoms with Crippen molar-refractivity contribution in [1.29, 1.82) is 0 Å². The first-order valence-electron chi connectivity index (χ1n) is 5.30. The first-order valence-corrected chi connectivity index (χ1v) is 6.78. The molecule has 0 radical (unpaired) electrons. The molecule has 2 rings (SSSR count). The van der Waals surface area contributed by atoms with Gasteiger partial charge in [0.05, 0.1) is 7.11 Å². The standard InChI is InChI=1S/C12H13NO4S/c1-9-13-7-10(18(9,14)15)8-17-12-6-4-3-5-11(12)16-2/h3-7H,8H2,1-2H3. The van der Waals surface area contributed by atoms with Gasteiger partial charge in [-0.15, -0.1) is 0 Å². The lowest BCUT2D eigenvalue weighted by Gasteiger charge is -2.10. The smallest absolute Gasteiger partial charge is 0.220 e. The van der Waals surface area contributed by atoms with E-state index in [1.54, 1.807) is 18.2 Å². The van der Waals surface area contributed by atoms with Gasteiger partial charge in [-0.25, -0.2) is 13.4 Å². The molecular formula is C12H13NO4S. The van der Waals surface area contributed by atoms with E-state index in [1.165, 1.54) is 20.2 Å². The average Bonchev–Trinajstić information content (AvgIpc) is 2.62. The van der Waals surface area contributed by atoms with Gasteiger partial charge in [-0.05, 0) is 19.1 Å². The first-order chi connectivity index (χ1) is 8.55. The Kier molecular flexibility index (Phi) is 3.38. The van der Waals surface area contributed by atoms with Crippen molar-refractivity contribution in [2.24, 2.45) is 4.99 Å². The predicted molar refractivity (Wildman–Crippen MR) is 68.6 cm³/mol. The molecule has 0 saturated carbocycles. The number of nitrogens with zero attached hydrogens (tertiary/aromatic N) is 1. The van der Waals surface area contributed by atoms with Crippen LogP contribution in [0.3, 0.4) is 0 Å². The van der Waals surface area contributed by atoms with Gasteiger partial charge in [0, 0.05) is 6.20 Å². The van der Waals surface area contributed by atoms with Crippen molar-refractivity contribution in [1.82, 2.24) is 0 Å². The van der Waals surface area contributed by atoms with E-state index in [0.717, 1.165) is 0 Å². The van der Waals surface area contributed by atoms with Crippen LogP contribution in [0, 0.1) is 0 Å². The first kappa shape index (κ1) is 12.6. The molecule has 0 bridgehead atoms. The van der Waals surface area contributed by atoms with Gasteiger partial charge in [-0.1, -0.05) is 12.1 Å². The monoisotopic (exact) mass is 267 g/mol. The third-order valence-electron chi connectivity index (χ3n) is 2.56. The minimum atomic E-state index is -3.41. The molecule has 96 valence electrons. The van der Waals surface area contributed by atoms with E-state index in [0.29, 0.717) is 11.5 Å². The molecule has 6 heteroatoms. The molecule has 0 aliphatic carbocycles. The van der Waals surface area contributed by atoms with Crippen LogP contribution in [0.1, 0.15) is 6.92 Å². The van der Waals surface area contributed by atoms with Crippen LogP contribution in [0.25, 0.3) is 0 Å². The van der Waals surface area contributed by atoms with Crippen LogP contribution in [0.2, 0.25) is 0 Å². The molecule has 0 atom stereocenters. The predicted octanol–water partition coefficient (Wildman–Crippen LogP) is 1.76. The molecule has 0 saturated heterocycles. The highest BCUT2D eigenvalue weighted by Gasteiger charge is 2.26. The van der Waals surface area contributed by atoms with Crippen LogP contribution >= 0.6 is 0 Å². The normalized spacial score (nSPS) is 17.0. The van der Waals surface area contributed by atoms with Crippen molar-refractivity contribution in [2.75, 3.05) is 13.7 Å². The Hall–Kier alpha value is -1.82. The van der Waals surface area contributed by atoms with Crippen LogP contribution in [0.4, 0.5) is 0 Å². The van der Waals surface area contributed by atoms with Crippen LogP contribution in [-0.2, 0) is 9.84 Å². The molecule has 1 heterocycles. The number of rotatable bonds is 4. The van der Waals surface area contributed by atoms with E-state index in [4.69, 9.17) is 9.47 Å². The molecule has 0 aromatic heterocycles. The van der Waals surface area contributed by atoms with Gasteiger partial charge >= 0.3 is 0 Å². The number of benzene rings is 1. The number of para-hydroxylation sites is 2. The largest absolute Gasteiger partial charge is 0.493 e. The molecule has 1 aliphatic rings. The maximum atomic E-state index is 11.8. The van der Waals surface area contributed by atoms with Crippen molar-refractivity contribution < 1.29 is 17.9 Å². The van der Waals surface area contributed by atoms with Crippen molar-refractivity contribution in [3.8, 4) is 11.5 Å². The number of sulfone groups is 1. The Balaban J connectivity index is 2.11. The highest BCUT2D eigenvalue weighted by atomic mass is 32.2. The highest BCUT2D eigenvalue weighted by molar-refractivity contribution is 8.09. The van der Waals surface area contributed by atoms with Gasteiger partial charge in [0.15, 0.2) is 11.5 Å². The van der Waals surface area contributed by atoms with Crippen LogP contribution < -0.4 is 9.47 Å². The molecule has 1 aliphatic heterocycles. The summed E-state index contributed by atoms with van der Waals surface area (Å²) >= 11 is 0. The lowest BCUT2D eigenvalue weighted by Crippen LogP contribution is -2.14. The van der Waals surface area contributed by atoms with E-state index in [2.05, 4.69) is 4.99 Å². The Morgan fingerprint density at radius 1 is 1.22 bits per heavy atom. The van der Waals surface area contributed by atoms with E-state index in [1.807, 2.05) is 6.07 Å². The molecule has 0 amide bonds. The van der Waals surface area contributed by atoms with Gasteiger partial charge in [0.25, 0.3) is 0 Å². The number of aliphatic imine (C=N–C) groups is 1. The second-order valence-corrected chi connectivity index (χ2v) is 5.81. The van der Waals surface area contributed by atoms with Gasteiger partial charge in [0.1, 0.15) is 16.6 Å². The van der Waals surface area contributed by atoms with Crippen LogP contribution in [0.5, 0.6) is 11.5 Å². The summed E-state index contributed by atoms with van der Waals surface area (Å²) in [5.74, 6) is 1.06. The number of ether oxygens (including phenoxy) is 2. The van der Waals surface area contributed by atoms with Crippen molar-refractivity contribution in [2.45, 2.75) is 6.92 Å². The third-order valence-corrected chi connectivity index (χ3v) is 4.36. The number of hydrogen-bond donors (Lipinski definition) is 0. The minimum Gasteiger partial charge on any atom is -0.493 e. The summed E-state index contributed by atoms with van der Waals surface area (Å²) in [6, 6.07) is 7.06. The number of methoxy groups -OCH3 is 1. The van der Waals surface area contributed by atoms with Gasteiger partial charge < -0.3 is 9.47 Å². The molecular weight excluding hydrogens is 254 g/mol. The summed E-state index contributed by atoms with van der Waals surface area (Å²) < 4.78 is 34.1. The Bertz CT molecular complexity index is 617. The van der Waals surface area contributed by atoms with Crippen LogP contribution in [-0.4, -0.2) is 27.2 Å². The maximum Gasteiger partial charge on any atom is 0.220 e. The molecule has 0 N–H and O–H groups in total. The summed E-state index contributed by atoms with van der Waals surface area (Å²) in [7, 11) is -1.88. The quantitative estimate of drug-likeness (QED) is 0.833. The Labute approximate surface area is 106 Å². The third kappa shape index (κ3) is 2.24. The lowest BCUT2D eigenvalue weighted by molar-refractivity contribution is 0.323. The lowest BCUT2D eigenvalue weighted by atomic mass is 10.3. The summed E-state index contributed by atoms with van der Waals surface area (Å²) in [6.45, 7) is 1.41.